The van der Waals surface area contributed by atoms with Gasteiger partial charge >= 0.3 is 6.09 Å². The van der Waals surface area contributed by atoms with E-state index in [0.717, 1.165) is 0 Å². The SMILES string of the molecule is CC(C)(C)OC(=O)NC[C@@]1(F)CC[C@H](N)C1. The number of hydrogen-bond acceptors (Lipinski definition) is 3. The molecule has 1 saturated carbocycles. The van der Waals surface area contributed by atoms with Gasteiger partial charge in [0.05, 0.1) is 6.54 Å². The number of alkyl halides is 1. The molecule has 0 aromatic rings. The zero-order valence-corrected chi connectivity index (χ0v) is 10.2. The smallest absolute Gasteiger partial charge is 0.407 e. The third kappa shape index (κ3) is 4.35. The van der Waals surface area contributed by atoms with Crippen molar-refractivity contribution in [2.24, 2.45) is 5.73 Å². The standard InChI is InChI=1S/C11H21FN2O2/c1-10(2,3)16-9(15)14-7-11(12)5-4-8(13)6-11/h8H,4-7,13H2,1-3H3,(H,14,15)/t8-,11+/m0/s1. The number of halogens is 1. The van der Waals surface area contributed by atoms with Crippen LogP contribution in [0.25, 0.3) is 0 Å². The molecule has 0 radical (unpaired) electrons. The zero-order chi connectivity index (χ0) is 12.4. The van der Waals surface area contributed by atoms with Crippen LogP contribution in [-0.4, -0.2) is 29.9 Å². The van der Waals surface area contributed by atoms with Crippen molar-refractivity contribution in [3.05, 3.63) is 0 Å². The first-order valence-corrected chi connectivity index (χ1v) is 5.62. The minimum Gasteiger partial charge on any atom is -0.444 e. The first kappa shape index (κ1) is 13.2. The van der Waals surface area contributed by atoms with E-state index in [4.69, 9.17) is 10.5 Å². The molecule has 0 aromatic carbocycles. The number of rotatable bonds is 2. The number of hydrogen-bond donors (Lipinski definition) is 2. The van der Waals surface area contributed by atoms with Crippen LogP contribution in [0.4, 0.5) is 9.18 Å². The molecule has 0 spiro atoms. The highest BCUT2D eigenvalue weighted by Crippen LogP contribution is 2.32. The van der Waals surface area contributed by atoms with E-state index in [1.54, 1.807) is 20.8 Å². The van der Waals surface area contributed by atoms with E-state index in [1.807, 2.05) is 0 Å². The van der Waals surface area contributed by atoms with E-state index in [9.17, 15) is 9.18 Å². The van der Waals surface area contributed by atoms with E-state index in [0.29, 0.717) is 19.3 Å². The Kier molecular flexibility index (Phi) is 3.78. The molecule has 0 bridgehead atoms. The molecule has 1 amide bonds. The van der Waals surface area contributed by atoms with Crippen LogP contribution >= 0.6 is 0 Å². The van der Waals surface area contributed by atoms with E-state index < -0.39 is 17.4 Å². The van der Waals surface area contributed by atoms with Crippen molar-refractivity contribution in [1.29, 1.82) is 0 Å². The van der Waals surface area contributed by atoms with Crippen LogP contribution < -0.4 is 11.1 Å². The molecule has 94 valence electrons. The highest BCUT2D eigenvalue weighted by atomic mass is 19.1. The van der Waals surface area contributed by atoms with Gasteiger partial charge in [-0.2, -0.15) is 0 Å². The van der Waals surface area contributed by atoms with Crippen molar-refractivity contribution in [3.8, 4) is 0 Å². The van der Waals surface area contributed by atoms with Gasteiger partial charge in [-0.1, -0.05) is 0 Å². The zero-order valence-electron chi connectivity index (χ0n) is 10.2. The summed E-state index contributed by atoms with van der Waals surface area (Å²) in [6.45, 7) is 5.28. The average molecular weight is 232 g/mol. The summed E-state index contributed by atoms with van der Waals surface area (Å²) in [6, 6.07) is -0.0922. The summed E-state index contributed by atoms with van der Waals surface area (Å²) in [5.74, 6) is 0. The summed E-state index contributed by atoms with van der Waals surface area (Å²) in [5.41, 5.74) is 3.71. The number of carbonyl (C=O) groups is 1. The lowest BCUT2D eigenvalue weighted by Gasteiger charge is -2.23. The maximum atomic E-state index is 14.0. The molecule has 0 heterocycles. The Morgan fingerprint density at radius 2 is 2.25 bits per heavy atom. The van der Waals surface area contributed by atoms with Gasteiger partial charge in [0.25, 0.3) is 0 Å². The molecular formula is C11H21FN2O2. The molecule has 1 aliphatic rings. The van der Waals surface area contributed by atoms with Crippen LogP contribution in [0.3, 0.4) is 0 Å². The summed E-state index contributed by atoms with van der Waals surface area (Å²) in [5, 5.41) is 2.45. The minimum absolute atomic E-state index is 0.0182. The summed E-state index contributed by atoms with van der Waals surface area (Å²) in [7, 11) is 0. The van der Waals surface area contributed by atoms with Crippen molar-refractivity contribution in [3.63, 3.8) is 0 Å². The second-order valence-electron chi connectivity index (χ2n) is 5.51. The molecule has 3 N–H and O–H groups in total. The maximum absolute atomic E-state index is 14.0. The monoisotopic (exact) mass is 232 g/mol. The van der Waals surface area contributed by atoms with Gasteiger partial charge in [0.15, 0.2) is 0 Å². The summed E-state index contributed by atoms with van der Waals surface area (Å²) in [6.07, 6.45) is 0.809. The number of ether oxygens (including phenoxy) is 1. The number of carbonyl (C=O) groups excluding carboxylic acids is 1. The van der Waals surface area contributed by atoms with Crippen molar-refractivity contribution in [2.75, 3.05) is 6.54 Å². The lowest BCUT2D eigenvalue weighted by atomic mass is 10.1. The van der Waals surface area contributed by atoms with Gasteiger partial charge in [-0.05, 0) is 40.0 Å². The Balaban J connectivity index is 2.32. The second-order valence-corrected chi connectivity index (χ2v) is 5.51. The van der Waals surface area contributed by atoms with E-state index >= 15 is 0 Å². The highest BCUT2D eigenvalue weighted by Gasteiger charge is 2.38. The quantitative estimate of drug-likeness (QED) is 0.762. The molecule has 16 heavy (non-hydrogen) atoms. The Morgan fingerprint density at radius 1 is 1.62 bits per heavy atom. The van der Waals surface area contributed by atoms with Gasteiger partial charge < -0.3 is 15.8 Å². The van der Waals surface area contributed by atoms with Gasteiger partial charge in [-0.25, -0.2) is 9.18 Å². The average Bonchev–Trinajstić information content (AvgIpc) is 2.41. The minimum atomic E-state index is -1.36. The number of nitrogens with two attached hydrogens (primary N) is 1. The van der Waals surface area contributed by atoms with Gasteiger partial charge in [0.1, 0.15) is 11.3 Å². The van der Waals surface area contributed by atoms with Gasteiger partial charge in [-0.3, -0.25) is 0 Å². The molecule has 2 atom stereocenters. The molecular weight excluding hydrogens is 211 g/mol. The maximum Gasteiger partial charge on any atom is 0.407 e. The highest BCUT2D eigenvalue weighted by molar-refractivity contribution is 5.67. The van der Waals surface area contributed by atoms with Gasteiger partial charge in [0, 0.05) is 6.04 Å². The number of nitrogens with one attached hydrogen (secondary N) is 1. The predicted octanol–water partition coefficient (Wildman–Crippen LogP) is 1.73. The van der Waals surface area contributed by atoms with Crippen LogP contribution in [0.1, 0.15) is 40.0 Å². The fourth-order valence-corrected chi connectivity index (χ4v) is 1.82. The van der Waals surface area contributed by atoms with E-state index in [2.05, 4.69) is 5.32 Å². The number of alkyl carbamates (subject to hydrolysis) is 1. The second kappa shape index (κ2) is 4.57. The van der Waals surface area contributed by atoms with Crippen molar-refractivity contribution in [1.82, 2.24) is 5.32 Å². The van der Waals surface area contributed by atoms with Gasteiger partial charge in [-0.15, -0.1) is 0 Å². The Bertz CT molecular complexity index is 265. The van der Waals surface area contributed by atoms with Crippen LogP contribution in [0.2, 0.25) is 0 Å². The third-order valence-corrected chi connectivity index (χ3v) is 2.54. The van der Waals surface area contributed by atoms with Crippen LogP contribution in [-0.2, 0) is 4.74 Å². The largest absolute Gasteiger partial charge is 0.444 e. The normalized spacial score (nSPS) is 30.2. The Labute approximate surface area is 95.7 Å². The lowest BCUT2D eigenvalue weighted by molar-refractivity contribution is 0.0478. The van der Waals surface area contributed by atoms with E-state index in [-0.39, 0.29) is 12.6 Å². The fraction of sp³-hybridized carbons (Fsp3) is 0.909. The van der Waals surface area contributed by atoms with Crippen molar-refractivity contribution < 1.29 is 13.9 Å². The number of amides is 1. The van der Waals surface area contributed by atoms with E-state index in [1.165, 1.54) is 0 Å². The molecule has 0 aliphatic heterocycles. The lowest BCUT2D eigenvalue weighted by Crippen LogP contribution is -2.41. The molecule has 0 aromatic heterocycles. The fourth-order valence-electron chi connectivity index (χ4n) is 1.82. The van der Waals surface area contributed by atoms with Crippen LogP contribution in [0, 0.1) is 0 Å². The Morgan fingerprint density at radius 3 is 2.69 bits per heavy atom. The molecule has 1 fully saturated rings. The first-order valence-electron chi connectivity index (χ1n) is 5.62. The van der Waals surface area contributed by atoms with Gasteiger partial charge in [0.2, 0.25) is 0 Å². The Hall–Kier alpha value is -0.840. The topological polar surface area (TPSA) is 64.3 Å². The van der Waals surface area contributed by atoms with Crippen LogP contribution in [0.15, 0.2) is 0 Å². The van der Waals surface area contributed by atoms with Crippen molar-refractivity contribution >= 4 is 6.09 Å². The molecule has 1 rings (SSSR count). The summed E-state index contributed by atoms with van der Waals surface area (Å²) in [4.78, 5) is 11.3. The summed E-state index contributed by atoms with van der Waals surface area (Å²) < 4.78 is 19.0. The third-order valence-electron chi connectivity index (χ3n) is 2.54. The predicted molar refractivity (Wildman–Crippen MR) is 59.9 cm³/mol. The summed E-state index contributed by atoms with van der Waals surface area (Å²) >= 11 is 0. The molecule has 1 aliphatic carbocycles. The van der Waals surface area contributed by atoms with Crippen LogP contribution in [0.5, 0.6) is 0 Å². The molecule has 5 heteroatoms. The molecule has 0 unspecified atom stereocenters. The van der Waals surface area contributed by atoms with Crippen molar-refractivity contribution in [2.45, 2.75) is 57.3 Å². The first-order chi connectivity index (χ1) is 7.20. The molecule has 4 nitrogen and oxygen atoms in total. The molecule has 0 saturated heterocycles.